The number of allylic oxidation sites excluding steroid dienone is 1. The van der Waals surface area contributed by atoms with E-state index in [4.69, 9.17) is 11.6 Å². The molecular formula is C11H9ClF4. The Kier molecular flexibility index (Phi) is 4.35. The zero-order valence-corrected chi connectivity index (χ0v) is 8.95. The Morgan fingerprint density at radius 3 is 2.50 bits per heavy atom. The highest BCUT2D eigenvalue weighted by Crippen LogP contribution is 2.30. The maximum atomic E-state index is 13.1. The molecule has 0 fully saturated rings. The van der Waals surface area contributed by atoms with Gasteiger partial charge in [-0.2, -0.15) is 13.2 Å². The topological polar surface area (TPSA) is 0 Å². The second kappa shape index (κ2) is 5.34. The van der Waals surface area contributed by atoms with Gasteiger partial charge in [-0.15, -0.1) is 11.6 Å². The second-order valence-electron chi connectivity index (χ2n) is 3.11. The fourth-order valence-electron chi connectivity index (χ4n) is 1.12. The first-order valence-electron chi connectivity index (χ1n) is 4.54. The molecule has 0 atom stereocenters. The highest BCUT2D eigenvalue weighted by Gasteiger charge is 2.30. The van der Waals surface area contributed by atoms with Crippen LogP contribution in [0, 0.1) is 5.82 Å². The van der Waals surface area contributed by atoms with E-state index >= 15 is 0 Å². The van der Waals surface area contributed by atoms with Crippen LogP contribution in [0.5, 0.6) is 0 Å². The van der Waals surface area contributed by atoms with Gasteiger partial charge in [-0.25, -0.2) is 4.39 Å². The lowest BCUT2D eigenvalue weighted by molar-refractivity contribution is -0.137. The van der Waals surface area contributed by atoms with Crippen LogP contribution in [0.15, 0.2) is 24.3 Å². The van der Waals surface area contributed by atoms with Crippen LogP contribution in [0.1, 0.15) is 17.5 Å². The molecule has 0 spiro atoms. The fraction of sp³-hybridized carbons (Fsp3) is 0.273. The zero-order chi connectivity index (χ0) is 12.2. The minimum Gasteiger partial charge on any atom is -0.206 e. The summed E-state index contributed by atoms with van der Waals surface area (Å²) in [5.74, 6) is -0.337. The fourth-order valence-corrected chi connectivity index (χ4v) is 1.25. The van der Waals surface area contributed by atoms with Gasteiger partial charge in [0, 0.05) is 11.4 Å². The molecule has 0 saturated carbocycles. The van der Waals surface area contributed by atoms with Gasteiger partial charge in [-0.3, -0.25) is 0 Å². The van der Waals surface area contributed by atoms with Gasteiger partial charge in [-0.05, 0) is 24.6 Å². The third-order valence-corrected chi connectivity index (χ3v) is 2.11. The van der Waals surface area contributed by atoms with E-state index in [9.17, 15) is 17.6 Å². The number of rotatable bonds is 3. The van der Waals surface area contributed by atoms with Crippen LogP contribution < -0.4 is 0 Å². The predicted molar refractivity (Wildman–Crippen MR) is 55.8 cm³/mol. The van der Waals surface area contributed by atoms with E-state index < -0.39 is 17.6 Å². The molecule has 1 aromatic rings. The summed E-state index contributed by atoms with van der Waals surface area (Å²) >= 11 is 5.39. The summed E-state index contributed by atoms with van der Waals surface area (Å²) in [6, 6.07) is 2.30. The first-order valence-corrected chi connectivity index (χ1v) is 5.08. The number of hydrogen-bond acceptors (Lipinski definition) is 0. The highest BCUT2D eigenvalue weighted by atomic mass is 35.5. The quantitative estimate of drug-likeness (QED) is 0.549. The Morgan fingerprint density at radius 1 is 1.25 bits per heavy atom. The Labute approximate surface area is 95.5 Å². The van der Waals surface area contributed by atoms with Crippen molar-refractivity contribution in [3.63, 3.8) is 0 Å². The molecule has 0 unspecified atom stereocenters. The summed E-state index contributed by atoms with van der Waals surface area (Å²) < 4.78 is 50.1. The molecule has 0 radical (unpaired) electrons. The van der Waals surface area contributed by atoms with Crippen LogP contribution >= 0.6 is 11.6 Å². The maximum Gasteiger partial charge on any atom is 0.416 e. The van der Waals surface area contributed by atoms with Crippen molar-refractivity contribution >= 4 is 17.7 Å². The molecule has 0 aliphatic rings. The van der Waals surface area contributed by atoms with Crippen molar-refractivity contribution in [3.05, 3.63) is 41.2 Å². The molecule has 5 heteroatoms. The number of alkyl halides is 4. The molecule has 0 bridgehead atoms. The molecule has 0 heterocycles. The summed E-state index contributed by atoms with van der Waals surface area (Å²) in [6.45, 7) is 0. The molecule has 0 saturated heterocycles. The first-order chi connectivity index (χ1) is 7.45. The van der Waals surface area contributed by atoms with Gasteiger partial charge in [0.1, 0.15) is 5.82 Å². The van der Waals surface area contributed by atoms with Crippen LogP contribution in [0.25, 0.3) is 6.08 Å². The molecule has 1 aromatic carbocycles. The minimum atomic E-state index is -4.46. The monoisotopic (exact) mass is 252 g/mol. The highest BCUT2D eigenvalue weighted by molar-refractivity contribution is 6.17. The molecule has 1 rings (SSSR count). The largest absolute Gasteiger partial charge is 0.416 e. The van der Waals surface area contributed by atoms with Gasteiger partial charge in [0.15, 0.2) is 0 Å². The Hall–Kier alpha value is -1.03. The van der Waals surface area contributed by atoms with E-state index in [-0.39, 0.29) is 5.56 Å². The smallest absolute Gasteiger partial charge is 0.206 e. The Balaban J connectivity index is 3.00. The average Bonchev–Trinajstić information content (AvgIpc) is 2.19. The molecule has 16 heavy (non-hydrogen) atoms. The SMILES string of the molecule is Fc1ccc(C(F)(F)F)cc1C=CCCCl. The normalized spacial score (nSPS) is 12.3. The van der Waals surface area contributed by atoms with Crippen LogP contribution in [-0.4, -0.2) is 5.88 Å². The van der Waals surface area contributed by atoms with E-state index in [2.05, 4.69) is 0 Å². The van der Waals surface area contributed by atoms with E-state index in [0.717, 1.165) is 12.1 Å². The average molecular weight is 253 g/mol. The van der Waals surface area contributed by atoms with Gasteiger partial charge in [0.25, 0.3) is 0 Å². The summed E-state index contributed by atoms with van der Waals surface area (Å²) in [5.41, 5.74) is -0.945. The van der Waals surface area contributed by atoms with Gasteiger partial charge in [0.2, 0.25) is 0 Å². The summed E-state index contributed by atoms with van der Waals surface area (Å²) in [6.07, 6.45) is -1.14. The van der Waals surface area contributed by atoms with Crippen molar-refractivity contribution < 1.29 is 17.6 Å². The second-order valence-corrected chi connectivity index (χ2v) is 3.49. The van der Waals surface area contributed by atoms with E-state index in [1.165, 1.54) is 12.2 Å². The van der Waals surface area contributed by atoms with Crippen molar-refractivity contribution in [2.24, 2.45) is 0 Å². The van der Waals surface area contributed by atoms with Gasteiger partial charge < -0.3 is 0 Å². The zero-order valence-electron chi connectivity index (χ0n) is 8.19. The lowest BCUT2D eigenvalue weighted by Crippen LogP contribution is -2.05. The third-order valence-electron chi connectivity index (χ3n) is 1.90. The molecular weight excluding hydrogens is 244 g/mol. The Morgan fingerprint density at radius 2 is 1.94 bits per heavy atom. The van der Waals surface area contributed by atoms with Crippen molar-refractivity contribution in [1.82, 2.24) is 0 Å². The number of halogens is 5. The molecule has 0 amide bonds. The lowest BCUT2D eigenvalue weighted by Gasteiger charge is -2.07. The molecule has 88 valence electrons. The standard InChI is InChI=1S/C11H9ClF4/c12-6-2-1-3-8-7-9(11(14,15)16)4-5-10(8)13/h1,3-5,7H,2,6H2. The first kappa shape index (κ1) is 13.0. The van der Waals surface area contributed by atoms with Gasteiger partial charge in [0.05, 0.1) is 5.56 Å². The van der Waals surface area contributed by atoms with Crippen molar-refractivity contribution in [1.29, 1.82) is 0 Å². The van der Waals surface area contributed by atoms with Crippen LogP contribution in [0.2, 0.25) is 0 Å². The van der Waals surface area contributed by atoms with Crippen LogP contribution in [0.4, 0.5) is 17.6 Å². The molecule has 0 aliphatic carbocycles. The van der Waals surface area contributed by atoms with Gasteiger partial charge >= 0.3 is 6.18 Å². The summed E-state index contributed by atoms with van der Waals surface area (Å²) in [5, 5.41) is 0. The Bertz CT molecular complexity index is 382. The lowest BCUT2D eigenvalue weighted by atomic mass is 10.1. The maximum absolute atomic E-state index is 13.1. The van der Waals surface area contributed by atoms with E-state index in [0.29, 0.717) is 18.4 Å². The number of hydrogen-bond donors (Lipinski definition) is 0. The van der Waals surface area contributed by atoms with Crippen LogP contribution in [0.3, 0.4) is 0 Å². The molecule has 0 N–H and O–H groups in total. The molecule has 0 aliphatic heterocycles. The molecule has 0 aromatic heterocycles. The van der Waals surface area contributed by atoms with E-state index in [1.807, 2.05) is 0 Å². The van der Waals surface area contributed by atoms with Crippen molar-refractivity contribution in [2.45, 2.75) is 12.6 Å². The molecule has 0 nitrogen and oxygen atoms in total. The van der Waals surface area contributed by atoms with Crippen molar-refractivity contribution in [3.8, 4) is 0 Å². The third kappa shape index (κ3) is 3.52. The van der Waals surface area contributed by atoms with E-state index in [1.54, 1.807) is 0 Å². The summed E-state index contributed by atoms with van der Waals surface area (Å²) in [7, 11) is 0. The van der Waals surface area contributed by atoms with Gasteiger partial charge in [-0.1, -0.05) is 12.2 Å². The summed E-state index contributed by atoms with van der Waals surface area (Å²) in [4.78, 5) is 0. The predicted octanol–water partition coefficient (Wildman–Crippen LogP) is 4.49. The van der Waals surface area contributed by atoms with Crippen LogP contribution in [-0.2, 0) is 6.18 Å². The number of benzene rings is 1. The van der Waals surface area contributed by atoms with Crippen molar-refractivity contribution in [2.75, 3.05) is 5.88 Å². The minimum absolute atomic E-state index is 0.0834.